The molecule has 1 aliphatic heterocycles. The predicted molar refractivity (Wildman–Crippen MR) is 134 cm³/mol. The van der Waals surface area contributed by atoms with Crippen LogP contribution >= 0.6 is 34.2 Å². The van der Waals surface area contributed by atoms with Crippen molar-refractivity contribution in [1.82, 2.24) is 19.9 Å². The topological polar surface area (TPSA) is 63.8 Å². The Bertz CT molecular complexity index is 1220. The number of benzene rings is 1. The molecule has 0 unspecified atom stereocenters. The van der Waals surface area contributed by atoms with Crippen LogP contribution in [0.3, 0.4) is 0 Å². The molecule has 1 N–H and O–H groups in total. The van der Waals surface area contributed by atoms with Crippen molar-refractivity contribution in [2.75, 3.05) is 13.2 Å². The molecule has 3 aromatic rings. The molecule has 1 aliphatic rings. The van der Waals surface area contributed by atoms with E-state index in [4.69, 9.17) is 21.3 Å². The van der Waals surface area contributed by atoms with E-state index in [0.29, 0.717) is 42.4 Å². The van der Waals surface area contributed by atoms with Gasteiger partial charge in [-0.3, -0.25) is 9.39 Å². The number of pyridine rings is 1. The van der Waals surface area contributed by atoms with Crippen LogP contribution in [0.15, 0.2) is 51.8 Å². The lowest BCUT2D eigenvalue weighted by Gasteiger charge is -2.19. The number of nitrogens with one attached hydrogen (secondary N) is 1. The van der Waals surface area contributed by atoms with E-state index in [-0.39, 0.29) is 16.7 Å². The average Bonchev–Trinajstić information content (AvgIpc) is 3.23. The first-order valence-electron chi connectivity index (χ1n) is 10.4. The van der Waals surface area contributed by atoms with Crippen molar-refractivity contribution in [3.8, 4) is 0 Å². The van der Waals surface area contributed by atoms with E-state index in [9.17, 15) is 4.39 Å². The van der Waals surface area contributed by atoms with Crippen LogP contribution in [-0.2, 0) is 11.2 Å². The second-order valence-electron chi connectivity index (χ2n) is 7.45. The summed E-state index contributed by atoms with van der Waals surface area (Å²) in [7, 11) is 0. The van der Waals surface area contributed by atoms with Crippen molar-refractivity contribution in [3.63, 3.8) is 0 Å². The summed E-state index contributed by atoms with van der Waals surface area (Å²) in [5.74, 6) is 0.133. The average molecular weight is 584 g/mol. The molecule has 0 bridgehead atoms. The maximum Gasteiger partial charge on any atom is 0.197 e. The summed E-state index contributed by atoms with van der Waals surface area (Å²) in [6.07, 6.45) is 8.87. The van der Waals surface area contributed by atoms with Crippen LogP contribution in [0.1, 0.15) is 29.8 Å². The normalized spacial score (nSPS) is 15.8. The minimum atomic E-state index is -0.508. The third-order valence-corrected chi connectivity index (χ3v) is 5.86. The fourth-order valence-corrected chi connectivity index (χ4v) is 3.79. The van der Waals surface area contributed by atoms with E-state index < -0.39 is 11.6 Å². The van der Waals surface area contributed by atoms with Crippen LogP contribution in [0.4, 0.5) is 8.78 Å². The van der Waals surface area contributed by atoms with E-state index >= 15 is 4.39 Å². The molecule has 1 aromatic carbocycles. The van der Waals surface area contributed by atoms with Crippen molar-refractivity contribution in [1.29, 1.82) is 0 Å². The van der Waals surface area contributed by atoms with E-state index in [2.05, 4.69) is 38.1 Å². The summed E-state index contributed by atoms with van der Waals surface area (Å²) in [6.45, 7) is 1.38. The third kappa shape index (κ3) is 5.96. The molecule has 0 spiro atoms. The molecule has 1 saturated heterocycles. The highest BCUT2D eigenvalue weighted by Gasteiger charge is 2.15. The molecule has 6 nitrogen and oxygen atoms in total. The monoisotopic (exact) mass is 583 g/mol. The summed E-state index contributed by atoms with van der Waals surface area (Å²) in [5, 5.41) is 11.3. The molecule has 10 heteroatoms. The molecule has 172 valence electrons. The number of rotatable bonds is 6. The maximum absolute atomic E-state index is 15.2. The van der Waals surface area contributed by atoms with Gasteiger partial charge in [-0.1, -0.05) is 40.3 Å². The maximum atomic E-state index is 15.2. The minimum absolute atomic E-state index is 0.0514. The van der Waals surface area contributed by atoms with Crippen molar-refractivity contribution in [2.24, 2.45) is 4.99 Å². The van der Waals surface area contributed by atoms with Gasteiger partial charge in [-0.15, -0.1) is 10.2 Å². The van der Waals surface area contributed by atoms with E-state index in [1.165, 1.54) is 12.1 Å². The summed E-state index contributed by atoms with van der Waals surface area (Å²) < 4.78 is 37.7. The molecule has 0 radical (unpaired) electrons. The van der Waals surface area contributed by atoms with Crippen molar-refractivity contribution in [2.45, 2.75) is 25.3 Å². The molecule has 0 aliphatic carbocycles. The first kappa shape index (κ1) is 23.8. The molecule has 33 heavy (non-hydrogen) atoms. The minimum Gasteiger partial charge on any atom is -0.381 e. The number of aliphatic imine (C=N–C) groups is 1. The fourth-order valence-electron chi connectivity index (χ4n) is 3.49. The Balaban J connectivity index is 1.57. The third-order valence-electron chi connectivity index (χ3n) is 5.19. The zero-order valence-electron chi connectivity index (χ0n) is 17.5. The van der Waals surface area contributed by atoms with Crippen molar-refractivity contribution >= 4 is 51.8 Å². The van der Waals surface area contributed by atoms with Gasteiger partial charge in [-0.25, -0.2) is 8.78 Å². The molecular formula is C23H21ClF2IN5O. The van der Waals surface area contributed by atoms with E-state index in [1.807, 2.05) is 4.08 Å². The highest BCUT2D eigenvalue weighted by Crippen LogP contribution is 2.20. The number of halogens is 4. The number of ether oxygens (including phenoxy) is 1. The number of hydrogen-bond acceptors (Lipinski definition) is 4. The Kier molecular flexibility index (Phi) is 8.05. The van der Waals surface area contributed by atoms with Gasteiger partial charge in [-0.2, -0.15) is 0 Å². The zero-order valence-corrected chi connectivity index (χ0v) is 20.4. The molecule has 0 atom stereocenters. The molecule has 3 heterocycles. The first-order valence-corrected chi connectivity index (χ1v) is 12.0. The molecule has 1 fully saturated rings. The Morgan fingerprint density at radius 2 is 2.09 bits per heavy atom. The van der Waals surface area contributed by atoms with Gasteiger partial charge in [0.2, 0.25) is 0 Å². The Morgan fingerprint density at radius 1 is 1.27 bits per heavy atom. The molecule has 0 amide bonds. The number of aromatic nitrogens is 3. The quantitative estimate of drug-likeness (QED) is 0.242. The highest BCUT2D eigenvalue weighted by atomic mass is 127. The second kappa shape index (κ2) is 11.2. The molecule has 0 saturated carbocycles. The van der Waals surface area contributed by atoms with Crippen LogP contribution in [0.5, 0.6) is 0 Å². The SMILES string of the molecule is Fc1cc(Cc2nnc3c(F)c(/C=C/C(=NC4CCOCC4)N/C=C\I)ccn23)ccc1Cl. The largest absolute Gasteiger partial charge is 0.381 e. The lowest BCUT2D eigenvalue weighted by Crippen LogP contribution is -2.23. The van der Waals surface area contributed by atoms with Gasteiger partial charge in [0.05, 0.1) is 11.1 Å². The Labute approximate surface area is 208 Å². The smallest absolute Gasteiger partial charge is 0.197 e. The van der Waals surface area contributed by atoms with E-state index in [1.54, 1.807) is 41.1 Å². The van der Waals surface area contributed by atoms with Gasteiger partial charge in [0.1, 0.15) is 17.5 Å². The Hall–Kier alpha value is -2.37. The fraction of sp³-hybridized carbons (Fsp3) is 0.261. The van der Waals surface area contributed by atoms with Crippen LogP contribution in [0, 0.1) is 11.6 Å². The van der Waals surface area contributed by atoms with Crippen molar-refractivity contribution < 1.29 is 13.5 Å². The number of fused-ring (bicyclic) bond motifs is 1. The summed E-state index contributed by atoms with van der Waals surface area (Å²) in [6, 6.07) is 6.34. The predicted octanol–water partition coefficient (Wildman–Crippen LogP) is 5.34. The number of hydrogen-bond donors (Lipinski definition) is 1. The van der Waals surface area contributed by atoms with Crippen LogP contribution < -0.4 is 5.32 Å². The van der Waals surface area contributed by atoms with Crippen LogP contribution in [-0.4, -0.2) is 39.7 Å². The summed E-state index contributed by atoms with van der Waals surface area (Å²) in [5.41, 5.74) is 1.13. The van der Waals surface area contributed by atoms with Gasteiger partial charge in [0.15, 0.2) is 11.5 Å². The lowest BCUT2D eigenvalue weighted by atomic mass is 10.1. The molecule has 2 aromatic heterocycles. The number of nitrogens with zero attached hydrogens (tertiary/aromatic N) is 4. The van der Waals surface area contributed by atoms with Gasteiger partial charge in [0, 0.05) is 37.6 Å². The van der Waals surface area contributed by atoms with Crippen LogP contribution in [0.25, 0.3) is 11.7 Å². The lowest BCUT2D eigenvalue weighted by molar-refractivity contribution is 0.0871. The molecular weight excluding hydrogens is 563 g/mol. The van der Waals surface area contributed by atoms with Gasteiger partial charge >= 0.3 is 0 Å². The Morgan fingerprint density at radius 3 is 2.85 bits per heavy atom. The standard InChI is InChI=1S/C23H21ClF2IN5O/c24-18-3-1-15(13-19(18)25)14-21-30-31-23-22(26)16(5-10-32(21)23)2-4-20(28-9-8-27)29-17-6-11-33-12-7-17/h1-5,8-10,13,17H,6-7,11-12,14H2,(H,28,29)/b4-2+,9-8-. The first-order chi connectivity index (χ1) is 16.0. The van der Waals surface area contributed by atoms with E-state index in [0.717, 1.165) is 12.8 Å². The highest BCUT2D eigenvalue weighted by molar-refractivity contribution is 14.1. The number of amidine groups is 1. The summed E-state index contributed by atoms with van der Waals surface area (Å²) in [4.78, 5) is 4.73. The van der Waals surface area contributed by atoms with Gasteiger partial charge < -0.3 is 10.1 Å². The van der Waals surface area contributed by atoms with Gasteiger partial charge in [-0.05, 0) is 52.8 Å². The zero-order chi connectivity index (χ0) is 23.2. The second-order valence-corrected chi connectivity index (χ2v) is 8.57. The van der Waals surface area contributed by atoms with Gasteiger partial charge in [0.25, 0.3) is 0 Å². The van der Waals surface area contributed by atoms with Crippen molar-refractivity contribution in [3.05, 3.63) is 80.4 Å². The summed E-state index contributed by atoms with van der Waals surface area (Å²) >= 11 is 7.86. The van der Waals surface area contributed by atoms with Crippen LogP contribution in [0.2, 0.25) is 5.02 Å². The molecule has 4 rings (SSSR count).